The fourth-order valence-corrected chi connectivity index (χ4v) is 2.54. The molecule has 5 heteroatoms. The molecule has 0 aliphatic rings. The van der Waals surface area contributed by atoms with E-state index in [0.29, 0.717) is 12.3 Å². The topological polar surface area (TPSA) is 51.5 Å². The minimum absolute atomic E-state index is 0.154. The summed E-state index contributed by atoms with van der Waals surface area (Å²) < 4.78 is 6.76. The number of unbranched alkanes of at least 4 members (excludes halogenated alkanes) is 1. The molecule has 0 spiro atoms. The molecule has 1 aromatic heterocycles. The maximum atomic E-state index is 12.6. The number of esters is 1. The van der Waals surface area contributed by atoms with E-state index in [0.717, 1.165) is 29.3 Å². The first-order chi connectivity index (χ1) is 11.5. The second-order valence-corrected chi connectivity index (χ2v) is 5.89. The highest BCUT2D eigenvalue weighted by Crippen LogP contribution is 2.27. The number of nitrogens with zero attached hydrogens (tertiary/aromatic N) is 2. The molecule has 2 rings (SSSR count). The normalized spacial score (nSPS) is 11.2. The number of rotatable bonds is 5. The predicted octanol–water partition coefficient (Wildman–Crippen LogP) is 3.84. The third-order valence-electron chi connectivity index (χ3n) is 3.87. The van der Waals surface area contributed by atoms with Crippen molar-refractivity contribution in [1.82, 2.24) is 9.47 Å². The van der Waals surface area contributed by atoms with Crippen LogP contribution in [0, 0.1) is 6.92 Å². The Morgan fingerprint density at radius 2 is 1.96 bits per heavy atom. The zero-order valence-corrected chi connectivity index (χ0v) is 14.7. The minimum Gasteiger partial charge on any atom is -0.463 e. The van der Waals surface area contributed by atoms with Crippen molar-refractivity contribution in [3.8, 4) is 0 Å². The predicted molar refractivity (Wildman–Crippen MR) is 96.1 cm³/mol. The second kappa shape index (κ2) is 7.81. The van der Waals surface area contributed by atoms with Crippen LogP contribution >= 0.6 is 0 Å². The molecule has 0 N–H and O–H groups in total. The Morgan fingerprint density at radius 3 is 2.62 bits per heavy atom. The lowest BCUT2D eigenvalue weighted by molar-refractivity contribution is -0.137. The zero-order chi connectivity index (χ0) is 17.7. The molecule has 0 aliphatic heterocycles. The van der Waals surface area contributed by atoms with E-state index in [1.165, 1.54) is 11.0 Å². The van der Waals surface area contributed by atoms with Gasteiger partial charge in [0.1, 0.15) is 0 Å². The summed E-state index contributed by atoms with van der Waals surface area (Å²) in [5.74, 6) is -0.392. The molecule has 0 bridgehead atoms. The lowest BCUT2D eigenvalue weighted by atomic mass is 10.1. The third kappa shape index (κ3) is 3.67. The largest absolute Gasteiger partial charge is 0.463 e. The van der Waals surface area contributed by atoms with Gasteiger partial charge in [-0.05, 0) is 31.1 Å². The van der Waals surface area contributed by atoms with Crippen LogP contribution in [0.4, 0.5) is 4.79 Å². The molecule has 128 valence electrons. The Bertz CT molecular complexity index is 772. The highest BCUT2D eigenvalue weighted by molar-refractivity contribution is 5.98. The van der Waals surface area contributed by atoms with Gasteiger partial charge in [0.05, 0.1) is 17.8 Å². The summed E-state index contributed by atoms with van der Waals surface area (Å²) in [4.78, 5) is 25.9. The summed E-state index contributed by atoms with van der Waals surface area (Å²) in [6, 6.07) is 7.56. The van der Waals surface area contributed by atoms with Gasteiger partial charge < -0.3 is 9.64 Å². The second-order valence-electron chi connectivity index (χ2n) is 5.89. The Kier molecular flexibility index (Phi) is 5.79. The van der Waals surface area contributed by atoms with Crippen LogP contribution in [-0.2, 0) is 9.53 Å². The monoisotopic (exact) mass is 328 g/mol. The van der Waals surface area contributed by atoms with Crippen LogP contribution in [-0.4, -0.2) is 42.2 Å². The van der Waals surface area contributed by atoms with E-state index in [2.05, 4.69) is 0 Å². The molecule has 0 unspecified atom stereocenters. The van der Waals surface area contributed by atoms with Gasteiger partial charge in [-0.15, -0.1) is 0 Å². The molecular weight excluding hydrogens is 304 g/mol. The van der Waals surface area contributed by atoms with E-state index in [1.807, 2.05) is 38.1 Å². The minimum atomic E-state index is -0.392. The molecule has 1 heterocycles. The number of aryl methyl sites for hydroxylation is 1. The van der Waals surface area contributed by atoms with Gasteiger partial charge in [-0.3, -0.25) is 4.57 Å². The molecule has 5 nitrogen and oxygen atoms in total. The van der Waals surface area contributed by atoms with Gasteiger partial charge in [-0.2, -0.15) is 0 Å². The Labute approximate surface area is 142 Å². The standard InChI is InChI=1S/C19H24N2O3/c1-5-6-13-24-18(22)12-11-16-14(2)15-9-7-8-10-17(15)21(16)19(23)20(3)4/h7-12H,5-6,13H2,1-4H3/b12-11+. The Hall–Kier alpha value is -2.56. The molecule has 0 saturated carbocycles. The number of para-hydroxylation sites is 1. The van der Waals surface area contributed by atoms with Crippen molar-refractivity contribution < 1.29 is 14.3 Å². The summed E-state index contributed by atoms with van der Waals surface area (Å²) in [5, 5.41) is 0.992. The summed E-state index contributed by atoms with van der Waals surface area (Å²) in [5.41, 5.74) is 2.48. The Morgan fingerprint density at radius 1 is 1.25 bits per heavy atom. The van der Waals surface area contributed by atoms with E-state index < -0.39 is 5.97 Å². The van der Waals surface area contributed by atoms with E-state index in [9.17, 15) is 9.59 Å². The zero-order valence-electron chi connectivity index (χ0n) is 14.7. The highest BCUT2D eigenvalue weighted by Gasteiger charge is 2.18. The first-order valence-corrected chi connectivity index (χ1v) is 8.14. The van der Waals surface area contributed by atoms with Crippen LogP contribution in [0.2, 0.25) is 0 Å². The number of ether oxygens (including phenoxy) is 1. The van der Waals surface area contributed by atoms with Crippen molar-refractivity contribution in [2.45, 2.75) is 26.7 Å². The van der Waals surface area contributed by atoms with E-state index >= 15 is 0 Å². The van der Waals surface area contributed by atoms with Gasteiger partial charge in [0.2, 0.25) is 0 Å². The molecule has 0 radical (unpaired) electrons. The molecule has 2 aromatic rings. The smallest absolute Gasteiger partial charge is 0.330 e. The number of fused-ring (bicyclic) bond motifs is 1. The molecule has 0 fully saturated rings. The first kappa shape index (κ1) is 17.8. The third-order valence-corrected chi connectivity index (χ3v) is 3.87. The summed E-state index contributed by atoms with van der Waals surface area (Å²) >= 11 is 0. The van der Waals surface area contributed by atoms with Crippen LogP contribution in [0.5, 0.6) is 0 Å². The van der Waals surface area contributed by atoms with Crippen molar-refractivity contribution in [1.29, 1.82) is 0 Å². The number of hydrogen-bond donors (Lipinski definition) is 0. The van der Waals surface area contributed by atoms with Crippen LogP contribution in [0.1, 0.15) is 31.0 Å². The summed E-state index contributed by atoms with van der Waals surface area (Å²) in [6.07, 6.45) is 4.86. The fraction of sp³-hybridized carbons (Fsp3) is 0.368. The molecule has 0 atom stereocenters. The highest BCUT2D eigenvalue weighted by atomic mass is 16.5. The quantitative estimate of drug-likeness (QED) is 0.476. The number of carbonyl (C=O) groups excluding carboxylic acids is 2. The number of benzene rings is 1. The summed E-state index contributed by atoms with van der Waals surface area (Å²) in [7, 11) is 3.41. The lowest BCUT2D eigenvalue weighted by Gasteiger charge is -2.14. The average molecular weight is 328 g/mol. The maximum Gasteiger partial charge on any atom is 0.330 e. The van der Waals surface area contributed by atoms with Gasteiger partial charge >= 0.3 is 12.0 Å². The van der Waals surface area contributed by atoms with Crippen LogP contribution in [0.25, 0.3) is 17.0 Å². The molecule has 0 saturated heterocycles. The van der Waals surface area contributed by atoms with E-state index in [-0.39, 0.29) is 6.03 Å². The first-order valence-electron chi connectivity index (χ1n) is 8.14. The van der Waals surface area contributed by atoms with Crippen molar-refractivity contribution >= 4 is 29.0 Å². The lowest BCUT2D eigenvalue weighted by Crippen LogP contribution is -2.28. The van der Waals surface area contributed by atoms with Crippen LogP contribution in [0.3, 0.4) is 0 Å². The maximum absolute atomic E-state index is 12.6. The van der Waals surface area contributed by atoms with Crippen molar-refractivity contribution in [3.05, 3.63) is 41.6 Å². The molecule has 1 aromatic carbocycles. The number of carbonyl (C=O) groups is 2. The van der Waals surface area contributed by atoms with Crippen molar-refractivity contribution in [2.75, 3.05) is 20.7 Å². The average Bonchev–Trinajstić information content (AvgIpc) is 2.85. The summed E-state index contributed by atoms with van der Waals surface area (Å²) in [6.45, 7) is 4.40. The van der Waals surface area contributed by atoms with Crippen LogP contribution in [0.15, 0.2) is 30.3 Å². The SMILES string of the molecule is CCCCOC(=O)/C=C/c1c(C)c2ccccc2n1C(=O)N(C)C. The molecule has 24 heavy (non-hydrogen) atoms. The van der Waals surface area contributed by atoms with E-state index in [1.54, 1.807) is 24.7 Å². The molecular formula is C19H24N2O3. The van der Waals surface area contributed by atoms with Gasteiger partial charge in [-0.1, -0.05) is 31.5 Å². The van der Waals surface area contributed by atoms with E-state index in [4.69, 9.17) is 4.74 Å². The number of hydrogen-bond acceptors (Lipinski definition) is 3. The van der Waals surface area contributed by atoms with Crippen LogP contribution < -0.4 is 0 Å². The van der Waals surface area contributed by atoms with Crippen molar-refractivity contribution in [3.63, 3.8) is 0 Å². The van der Waals surface area contributed by atoms with Gasteiger partial charge in [0.15, 0.2) is 0 Å². The number of amides is 1. The fourth-order valence-electron chi connectivity index (χ4n) is 2.54. The van der Waals surface area contributed by atoms with Gasteiger partial charge in [0.25, 0.3) is 0 Å². The van der Waals surface area contributed by atoms with Crippen molar-refractivity contribution in [2.24, 2.45) is 0 Å². The molecule has 0 aliphatic carbocycles. The Balaban J connectivity index is 2.41. The number of aromatic nitrogens is 1. The molecule has 1 amide bonds. The van der Waals surface area contributed by atoms with Gasteiger partial charge in [0, 0.05) is 25.6 Å². The van der Waals surface area contributed by atoms with Gasteiger partial charge in [-0.25, -0.2) is 9.59 Å².